The first-order valence-corrected chi connectivity index (χ1v) is 8.72. The van der Waals surface area contributed by atoms with Gasteiger partial charge in [-0.2, -0.15) is 0 Å². The van der Waals surface area contributed by atoms with Crippen LogP contribution in [0.4, 0.5) is 0 Å². The van der Waals surface area contributed by atoms with Gasteiger partial charge in [-0.1, -0.05) is 68.5 Å². The maximum absolute atomic E-state index is 13.4. The van der Waals surface area contributed by atoms with E-state index in [4.69, 9.17) is 0 Å². The van der Waals surface area contributed by atoms with Crippen LogP contribution >= 0.6 is 0 Å². The molecule has 1 heterocycles. The first kappa shape index (κ1) is 17.2. The summed E-state index contributed by atoms with van der Waals surface area (Å²) in [5.74, 6) is -0.157. The SMILES string of the molecule is C=C(c1ccccc1)C1(C)C(=O)c2ccccc2C(=O)N1CCCC. The van der Waals surface area contributed by atoms with Crippen molar-refractivity contribution in [2.24, 2.45) is 0 Å². The normalized spacial score (nSPS) is 19.7. The summed E-state index contributed by atoms with van der Waals surface area (Å²) >= 11 is 0. The molecular weight excluding hydrogens is 310 g/mol. The molecule has 0 aromatic heterocycles. The molecular formula is C22H23NO2. The minimum atomic E-state index is -1.07. The van der Waals surface area contributed by atoms with E-state index in [-0.39, 0.29) is 11.7 Å². The zero-order valence-electron chi connectivity index (χ0n) is 14.8. The highest BCUT2D eigenvalue weighted by Gasteiger charge is 2.49. The highest BCUT2D eigenvalue weighted by Crippen LogP contribution is 2.39. The number of benzene rings is 2. The molecule has 1 aliphatic heterocycles. The predicted molar refractivity (Wildman–Crippen MR) is 101 cm³/mol. The van der Waals surface area contributed by atoms with Gasteiger partial charge in [0.05, 0.1) is 5.56 Å². The Morgan fingerprint density at radius 3 is 2.24 bits per heavy atom. The summed E-state index contributed by atoms with van der Waals surface area (Å²) < 4.78 is 0. The largest absolute Gasteiger partial charge is 0.322 e. The van der Waals surface area contributed by atoms with Crippen LogP contribution in [0.2, 0.25) is 0 Å². The molecule has 0 saturated carbocycles. The van der Waals surface area contributed by atoms with Crippen LogP contribution in [0, 0.1) is 0 Å². The molecule has 2 aromatic rings. The molecule has 25 heavy (non-hydrogen) atoms. The van der Waals surface area contributed by atoms with E-state index in [0.29, 0.717) is 23.2 Å². The quantitative estimate of drug-likeness (QED) is 0.802. The Bertz CT molecular complexity index is 825. The number of ketones is 1. The Kier molecular flexibility index (Phi) is 4.58. The first-order valence-electron chi connectivity index (χ1n) is 8.72. The molecule has 3 rings (SSSR count). The second-order valence-corrected chi connectivity index (χ2v) is 6.60. The number of hydrogen-bond acceptors (Lipinski definition) is 2. The zero-order chi connectivity index (χ0) is 18.0. The van der Waals surface area contributed by atoms with Crippen LogP contribution in [0.3, 0.4) is 0 Å². The van der Waals surface area contributed by atoms with E-state index in [2.05, 4.69) is 13.5 Å². The van der Waals surface area contributed by atoms with Crippen molar-refractivity contribution in [1.29, 1.82) is 0 Å². The van der Waals surface area contributed by atoms with E-state index < -0.39 is 5.54 Å². The maximum Gasteiger partial charge on any atom is 0.255 e. The van der Waals surface area contributed by atoms with E-state index in [1.807, 2.05) is 37.3 Å². The molecule has 1 atom stereocenters. The molecule has 1 amide bonds. The van der Waals surface area contributed by atoms with Gasteiger partial charge >= 0.3 is 0 Å². The second kappa shape index (κ2) is 6.67. The van der Waals surface area contributed by atoms with Gasteiger partial charge in [-0.15, -0.1) is 0 Å². The Balaban J connectivity index is 2.15. The molecule has 1 unspecified atom stereocenters. The Morgan fingerprint density at radius 2 is 1.60 bits per heavy atom. The van der Waals surface area contributed by atoms with Crippen molar-refractivity contribution in [1.82, 2.24) is 4.90 Å². The van der Waals surface area contributed by atoms with Crippen LogP contribution in [0.15, 0.2) is 61.2 Å². The van der Waals surface area contributed by atoms with Gasteiger partial charge in [0.15, 0.2) is 5.78 Å². The van der Waals surface area contributed by atoms with Gasteiger partial charge in [0, 0.05) is 12.1 Å². The monoisotopic (exact) mass is 333 g/mol. The van der Waals surface area contributed by atoms with Gasteiger partial charge in [0.1, 0.15) is 5.54 Å². The zero-order valence-corrected chi connectivity index (χ0v) is 14.8. The predicted octanol–water partition coefficient (Wildman–Crippen LogP) is 4.60. The summed E-state index contributed by atoms with van der Waals surface area (Å²) in [5.41, 5.74) is 1.45. The molecule has 0 saturated heterocycles. The highest BCUT2D eigenvalue weighted by molar-refractivity contribution is 6.21. The summed E-state index contributed by atoms with van der Waals surface area (Å²) in [6, 6.07) is 16.7. The van der Waals surface area contributed by atoms with Crippen LogP contribution in [-0.4, -0.2) is 28.7 Å². The lowest BCUT2D eigenvalue weighted by molar-refractivity contribution is 0.0503. The number of amides is 1. The van der Waals surface area contributed by atoms with E-state index in [1.165, 1.54) is 0 Å². The Morgan fingerprint density at radius 1 is 1.00 bits per heavy atom. The average Bonchev–Trinajstić information content (AvgIpc) is 2.66. The lowest BCUT2D eigenvalue weighted by atomic mass is 9.75. The van der Waals surface area contributed by atoms with Crippen molar-refractivity contribution in [3.05, 3.63) is 77.9 Å². The average molecular weight is 333 g/mol. The van der Waals surface area contributed by atoms with Crippen molar-refractivity contribution >= 4 is 17.3 Å². The smallest absolute Gasteiger partial charge is 0.255 e. The number of carbonyl (C=O) groups excluding carboxylic acids is 2. The van der Waals surface area contributed by atoms with Gasteiger partial charge in [-0.25, -0.2) is 0 Å². The molecule has 3 heteroatoms. The van der Waals surface area contributed by atoms with Crippen LogP contribution in [0.25, 0.3) is 5.57 Å². The van der Waals surface area contributed by atoms with Crippen molar-refractivity contribution in [2.45, 2.75) is 32.2 Å². The number of fused-ring (bicyclic) bond motifs is 1. The van der Waals surface area contributed by atoms with Gasteiger partial charge in [-0.05, 0) is 30.5 Å². The fourth-order valence-electron chi connectivity index (χ4n) is 3.46. The number of carbonyl (C=O) groups is 2. The third-order valence-corrected chi connectivity index (χ3v) is 5.07. The van der Waals surface area contributed by atoms with E-state index in [0.717, 1.165) is 18.4 Å². The lowest BCUT2D eigenvalue weighted by Crippen LogP contribution is -2.59. The van der Waals surface area contributed by atoms with Gasteiger partial charge in [-0.3, -0.25) is 9.59 Å². The molecule has 0 spiro atoms. The van der Waals surface area contributed by atoms with Crippen molar-refractivity contribution in [3.8, 4) is 0 Å². The number of rotatable bonds is 5. The highest BCUT2D eigenvalue weighted by atomic mass is 16.2. The summed E-state index contributed by atoms with van der Waals surface area (Å²) in [4.78, 5) is 28.3. The van der Waals surface area contributed by atoms with Crippen LogP contribution in [0.1, 0.15) is 53.0 Å². The molecule has 1 aliphatic rings. The summed E-state index contributed by atoms with van der Waals surface area (Å²) in [5, 5.41) is 0. The van der Waals surface area contributed by atoms with Crippen molar-refractivity contribution in [3.63, 3.8) is 0 Å². The maximum atomic E-state index is 13.4. The number of Topliss-reactive ketones (excluding diaryl/α,β-unsaturated/α-hetero) is 1. The molecule has 2 aromatic carbocycles. The minimum Gasteiger partial charge on any atom is -0.322 e. The van der Waals surface area contributed by atoms with Crippen molar-refractivity contribution in [2.75, 3.05) is 6.54 Å². The molecule has 0 aliphatic carbocycles. The van der Waals surface area contributed by atoms with Gasteiger partial charge in [0.25, 0.3) is 5.91 Å². The van der Waals surface area contributed by atoms with Crippen LogP contribution in [-0.2, 0) is 0 Å². The molecule has 0 bridgehead atoms. The molecule has 0 N–H and O–H groups in total. The van der Waals surface area contributed by atoms with Crippen LogP contribution in [0.5, 0.6) is 0 Å². The summed E-state index contributed by atoms with van der Waals surface area (Å²) in [6.07, 6.45) is 1.80. The molecule has 3 nitrogen and oxygen atoms in total. The first-order chi connectivity index (χ1) is 12.0. The number of unbranched alkanes of at least 4 members (excludes halogenated alkanes) is 1. The number of hydrogen-bond donors (Lipinski definition) is 0. The standard InChI is InChI=1S/C22H23NO2/c1-4-5-15-23-21(25)19-14-10-9-13-18(19)20(24)22(23,3)16(2)17-11-7-6-8-12-17/h6-14H,2,4-5,15H2,1,3H3. The third kappa shape index (κ3) is 2.70. The lowest BCUT2D eigenvalue weighted by Gasteiger charge is -2.45. The molecule has 128 valence electrons. The van der Waals surface area contributed by atoms with Crippen molar-refractivity contribution < 1.29 is 9.59 Å². The molecule has 0 radical (unpaired) electrons. The van der Waals surface area contributed by atoms with Gasteiger partial charge < -0.3 is 4.90 Å². The number of nitrogens with zero attached hydrogens (tertiary/aromatic N) is 1. The molecule has 0 fully saturated rings. The summed E-state index contributed by atoms with van der Waals surface area (Å²) in [7, 11) is 0. The second-order valence-electron chi connectivity index (χ2n) is 6.60. The minimum absolute atomic E-state index is 0.0624. The fourth-order valence-corrected chi connectivity index (χ4v) is 3.46. The Labute approximate surface area is 149 Å². The summed E-state index contributed by atoms with van der Waals surface area (Å²) in [6.45, 7) is 8.67. The van der Waals surface area contributed by atoms with E-state index >= 15 is 0 Å². The van der Waals surface area contributed by atoms with Crippen LogP contribution < -0.4 is 0 Å². The Hall–Kier alpha value is -2.68. The van der Waals surface area contributed by atoms with Gasteiger partial charge in [0.2, 0.25) is 0 Å². The topological polar surface area (TPSA) is 37.4 Å². The van der Waals surface area contributed by atoms with E-state index in [1.54, 1.807) is 29.2 Å². The van der Waals surface area contributed by atoms with E-state index in [9.17, 15) is 9.59 Å². The fraction of sp³-hybridized carbons (Fsp3) is 0.273. The third-order valence-electron chi connectivity index (χ3n) is 5.07.